The summed E-state index contributed by atoms with van der Waals surface area (Å²) in [6.45, 7) is 9.93. The summed E-state index contributed by atoms with van der Waals surface area (Å²) in [7, 11) is 0. The minimum absolute atomic E-state index is 0.0236. The first-order chi connectivity index (χ1) is 11.2. The van der Waals surface area contributed by atoms with E-state index in [1.165, 1.54) is 18.7 Å². The summed E-state index contributed by atoms with van der Waals surface area (Å²) in [5, 5.41) is 6.23. The minimum Gasteiger partial charge on any atom is -0.325 e. The van der Waals surface area contributed by atoms with Crippen LogP contribution in [0.4, 0.5) is 5.69 Å². The van der Waals surface area contributed by atoms with Gasteiger partial charge in [-0.1, -0.05) is 19.1 Å². The van der Waals surface area contributed by atoms with Crippen molar-refractivity contribution in [3.05, 3.63) is 29.8 Å². The number of hydrogen-bond acceptors (Lipinski definition) is 4. The van der Waals surface area contributed by atoms with Gasteiger partial charge >= 0.3 is 0 Å². The van der Waals surface area contributed by atoms with Crippen LogP contribution in [0, 0.1) is 0 Å². The van der Waals surface area contributed by atoms with Gasteiger partial charge in [-0.3, -0.25) is 9.69 Å². The quantitative estimate of drug-likeness (QED) is 0.865. The molecule has 0 radical (unpaired) electrons. The van der Waals surface area contributed by atoms with Gasteiger partial charge in [0.25, 0.3) is 0 Å². The Morgan fingerprint density at radius 3 is 2.48 bits per heavy atom. The number of nitrogens with one attached hydrogen (secondary N) is 2. The maximum atomic E-state index is 12.1. The van der Waals surface area contributed by atoms with E-state index in [9.17, 15) is 4.79 Å². The lowest BCUT2D eigenvalue weighted by Gasteiger charge is -2.34. The lowest BCUT2D eigenvalue weighted by molar-refractivity contribution is -0.117. The third-order valence-electron chi connectivity index (χ3n) is 4.92. The Bertz CT molecular complexity index is 502. The molecule has 2 heterocycles. The number of piperazine rings is 1. The van der Waals surface area contributed by atoms with Crippen molar-refractivity contribution in [1.29, 1.82) is 0 Å². The molecule has 1 aromatic carbocycles. The highest BCUT2D eigenvalue weighted by atomic mass is 16.2. The predicted molar refractivity (Wildman–Crippen MR) is 93.5 cm³/mol. The first-order valence-electron chi connectivity index (χ1n) is 8.82. The van der Waals surface area contributed by atoms with Crippen LogP contribution in [-0.4, -0.2) is 61.0 Å². The van der Waals surface area contributed by atoms with Crippen molar-refractivity contribution in [2.45, 2.75) is 32.4 Å². The summed E-state index contributed by atoms with van der Waals surface area (Å²) in [5.74, 6) is 0.0888. The predicted octanol–water partition coefficient (Wildman–Crippen LogP) is 1.51. The summed E-state index contributed by atoms with van der Waals surface area (Å²) in [5.41, 5.74) is 2.20. The number of carbonyl (C=O) groups excluding carboxylic acids is 1. The van der Waals surface area contributed by atoms with Crippen LogP contribution in [0.3, 0.4) is 0 Å². The molecule has 0 aliphatic carbocycles. The molecule has 23 heavy (non-hydrogen) atoms. The second-order valence-corrected chi connectivity index (χ2v) is 6.55. The Balaban J connectivity index is 1.48. The normalized spacial score (nSPS) is 23.1. The molecule has 126 valence electrons. The Morgan fingerprint density at radius 2 is 1.87 bits per heavy atom. The molecule has 0 saturated carbocycles. The van der Waals surface area contributed by atoms with Crippen LogP contribution in [0.5, 0.6) is 0 Å². The van der Waals surface area contributed by atoms with Crippen molar-refractivity contribution < 1.29 is 4.79 Å². The fourth-order valence-corrected chi connectivity index (χ4v) is 3.35. The molecule has 5 heteroatoms. The third-order valence-corrected chi connectivity index (χ3v) is 4.92. The fraction of sp³-hybridized carbons (Fsp3) is 0.611. The minimum atomic E-state index is -0.0236. The zero-order valence-corrected chi connectivity index (χ0v) is 14.1. The molecule has 0 aromatic heterocycles. The van der Waals surface area contributed by atoms with Crippen molar-refractivity contribution >= 4 is 11.6 Å². The van der Waals surface area contributed by atoms with E-state index in [1.807, 2.05) is 12.1 Å². The molecule has 2 aliphatic heterocycles. The maximum Gasteiger partial charge on any atom is 0.241 e. The van der Waals surface area contributed by atoms with E-state index in [1.54, 1.807) is 0 Å². The first kappa shape index (κ1) is 16.4. The molecular formula is C18H28N4O. The van der Waals surface area contributed by atoms with Crippen LogP contribution in [0.25, 0.3) is 0 Å². The summed E-state index contributed by atoms with van der Waals surface area (Å²) in [6.07, 6.45) is 2.02. The largest absolute Gasteiger partial charge is 0.325 e. The highest BCUT2D eigenvalue weighted by Gasteiger charge is 2.21. The van der Waals surface area contributed by atoms with Gasteiger partial charge in [-0.05, 0) is 43.6 Å². The van der Waals surface area contributed by atoms with Gasteiger partial charge < -0.3 is 15.5 Å². The molecule has 0 bridgehead atoms. The summed E-state index contributed by atoms with van der Waals surface area (Å²) in [4.78, 5) is 17.1. The molecular weight excluding hydrogens is 288 g/mol. The highest BCUT2D eigenvalue weighted by molar-refractivity contribution is 5.95. The molecule has 2 saturated heterocycles. The van der Waals surface area contributed by atoms with E-state index < -0.39 is 0 Å². The first-order valence-corrected chi connectivity index (χ1v) is 8.82. The number of amides is 1. The Labute approximate surface area is 139 Å². The van der Waals surface area contributed by atoms with Gasteiger partial charge in [0.15, 0.2) is 0 Å². The molecule has 1 aromatic rings. The van der Waals surface area contributed by atoms with E-state index in [0.717, 1.165) is 51.3 Å². The van der Waals surface area contributed by atoms with Crippen molar-refractivity contribution in [2.24, 2.45) is 0 Å². The van der Waals surface area contributed by atoms with Gasteiger partial charge in [0.2, 0.25) is 5.91 Å². The number of rotatable bonds is 5. The maximum absolute atomic E-state index is 12.1. The van der Waals surface area contributed by atoms with Crippen LogP contribution in [-0.2, 0) is 11.3 Å². The average Bonchev–Trinajstić information content (AvgIpc) is 3.12. The molecule has 2 N–H and O–H groups in total. The molecule has 2 fully saturated rings. The fourth-order valence-electron chi connectivity index (χ4n) is 3.35. The van der Waals surface area contributed by atoms with Crippen LogP contribution < -0.4 is 10.6 Å². The second-order valence-electron chi connectivity index (χ2n) is 6.55. The number of hydrogen-bond donors (Lipinski definition) is 2. The van der Waals surface area contributed by atoms with Crippen LogP contribution in [0.1, 0.15) is 25.3 Å². The molecule has 3 rings (SSSR count). The Kier molecular flexibility index (Phi) is 5.65. The lowest BCUT2D eigenvalue weighted by atomic mass is 10.1. The Hall–Kier alpha value is -1.43. The molecule has 5 nitrogen and oxygen atoms in total. The summed E-state index contributed by atoms with van der Waals surface area (Å²) in [6, 6.07) is 8.27. The van der Waals surface area contributed by atoms with E-state index in [2.05, 4.69) is 39.5 Å². The smallest absolute Gasteiger partial charge is 0.241 e. The number of nitrogens with zero attached hydrogens (tertiary/aromatic N) is 2. The van der Waals surface area contributed by atoms with E-state index in [0.29, 0.717) is 0 Å². The van der Waals surface area contributed by atoms with Crippen LogP contribution >= 0.6 is 0 Å². The average molecular weight is 316 g/mol. The number of likely N-dealkylation sites (N-methyl/N-ethyl adjacent to an activating group) is 1. The van der Waals surface area contributed by atoms with Crippen molar-refractivity contribution in [3.63, 3.8) is 0 Å². The number of anilines is 1. The number of carbonyl (C=O) groups is 1. The summed E-state index contributed by atoms with van der Waals surface area (Å²) >= 11 is 0. The second kappa shape index (κ2) is 7.90. The molecule has 2 aliphatic rings. The summed E-state index contributed by atoms with van der Waals surface area (Å²) < 4.78 is 0. The standard InChI is InChI=1S/C18H28N4O/c1-2-21-10-12-22(13-11-21)14-15-5-7-16(8-6-15)20-18(23)17-4-3-9-19-17/h5-8,17,19H,2-4,9-14H2,1H3,(H,20,23). The Morgan fingerprint density at radius 1 is 1.17 bits per heavy atom. The van der Waals surface area contributed by atoms with Gasteiger partial charge in [-0.15, -0.1) is 0 Å². The van der Waals surface area contributed by atoms with Gasteiger partial charge in [0.05, 0.1) is 6.04 Å². The van der Waals surface area contributed by atoms with E-state index >= 15 is 0 Å². The topological polar surface area (TPSA) is 47.6 Å². The molecule has 1 unspecified atom stereocenters. The van der Waals surface area contributed by atoms with Crippen molar-refractivity contribution in [1.82, 2.24) is 15.1 Å². The molecule has 0 spiro atoms. The third kappa shape index (κ3) is 4.53. The molecule has 1 atom stereocenters. The lowest BCUT2D eigenvalue weighted by Crippen LogP contribution is -2.45. The van der Waals surface area contributed by atoms with Crippen LogP contribution in [0.15, 0.2) is 24.3 Å². The monoisotopic (exact) mass is 316 g/mol. The van der Waals surface area contributed by atoms with Crippen LogP contribution in [0.2, 0.25) is 0 Å². The van der Waals surface area contributed by atoms with Gasteiger partial charge in [-0.25, -0.2) is 0 Å². The van der Waals surface area contributed by atoms with Crippen molar-refractivity contribution in [3.8, 4) is 0 Å². The molecule has 1 amide bonds. The van der Waals surface area contributed by atoms with E-state index in [4.69, 9.17) is 0 Å². The zero-order valence-electron chi connectivity index (χ0n) is 14.1. The number of benzene rings is 1. The van der Waals surface area contributed by atoms with Crippen molar-refractivity contribution in [2.75, 3.05) is 44.6 Å². The highest BCUT2D eigenvalue weighted by Crippen LogP contribution is 2.14. The van der Waals surface area contributed by atoms with Gasteiger partial charge in [0, 0.05) is 38.4 Å². The van der Waals surface area contributed by atoms with Gasteiger partial charge in [0.1, 0.15) is 0 Å². The van der Waals surface area contributed by atoms with Gasteiger partial charge in [-0.2, -0.15) is 0 Å². The van der Waals surface area contributed by atoms with E-state index in [-0.39, 0.29) is 11.9 Å². The zero-order chi connectivity index (χ0) is 16.1. The SMILES string of the molecule is CCN1CCN(Cc2ccc(NC(=O)C3CCCN3)cc2)CC1.